The highest BCUT2D eigenvalue weighted by Gasteiger charge is 2.22. The molecule has 0 spiro atoms. The maximum atomic E-state index is 12.1. The van der Waals surface area contributed by atoms with Gasteiger partial charge in [0, 0.05) is 19.3 Å². The van der Waals surface area contributed by atoms with Gasteiger partial charge in [-0.1, -0.05) is 11.6 Å². The lowest BCUT2D eigenvalue weighted by Crippen LogP contribution is -2.44. The number of nitrogens with zero attached hydrogens (tertiary/aromatic N) is 1. The molecule has 18 heavy (non-hydrogen) atoms. The van der Waals surface area contributed by atoms with Gasteiger partial charge in [0.05, 0.1) is 5.02 Å². The Morgan fingerprint density at radius 1 is 1.67 bits per heavy atom. The van der Waals surface area contributed by atoms with Gasteiger partial charge in [0.25, 0.3) is 5.91 Å². The third-order valence-electron chi connectivity index (χ3n) is 3.61. The van der Waals surface area contributed by atoms with E-state index in [4.69, 9.17) is 11.6 Å². The molecular weight excluding hydrogens is 250 g/mol. The van der Waals surface area contributed by atoms with Crippen molar-refractivity contribution < 1.29 is 4.79 Å². The Bertz CT molecular complexity index is 424. The molecule has 1 fully saturated rings. The van der Waals surface area contributed by atoms with Gasteiger partial charge in [-0.05, 0) is 44.8 Å². The second kappa shape index (κ2) is 5.76. The van der Waals surface area contributed by atoms with Crippen molar-refractivity contribution in [2.24, 2.45) is 13.0 Å². The van der Waals surface area contributed by atoms with E-state index in [0.29, 0.717) is 16.6 Å². The van der Waals surface area contributed by atoms with Crippen LogP contribution in [0, 0.1) is 5.92 Å². The Morgan fingerprint density at radius 3 is 3.00 bits per heavy atom. The van der Waals surface area contributed by atoms with Gasteiger partial charge in [-0.3, -0.25) is 4.79 Å². The van der Waals surface area contributed by atoms with Crippen molar-refractivity contribution in [3.63, 3.8) is 0 Å². The van der Waals surface area contributed by atoms with Crippen LogP contribution in [0.25, 0.3) is 0 Å². The number of aryl methyl sites for hydroxylation is 1. The summed E-state index contributed by atoms with van der Waals surface area (Å²) in [6.07, 6.45) is 4.09. The Hall–Kier alpha value is -1.00. The van der Waals surface area contributed by atoms with Crippen LogP contribution < -0.4 is 10.6 Å². The molecule has 0 radical (unpaired) electrons. The first kappa shape index (κ1) is 13.4. The Morgan fingerprint density at radius 2 is 2.44 bits per heavy atom. The zero-order valence-corrected chi connectivity index (χ0v) is 11.6. The maximum Gasteiger partial charge on any atom is 0.268 e. The topological polar surface area (TPSA) is 46.1 Å². The van der Waals surface area contributed by atoms with Crippen molar-refractivity contribution >= 4 is 17.5 Å². The Labute approximate surface area is 113 Å². The highest BCUT2D eigenvalue weighted by Crippen LogP contribution is 2.16. The number of hydrogen-bond acceptors (Lipinski definition) is 2. The monoisotopic (exact) mass is 269 g/mol. The molecule has 0 saturated carbocycles. The molecule has 1 aliphatic rings. The van der Waals surface area contributed by atoms with Crippen molar-refractivity contribution in [2.75, 3.05) is 13.1 Å². The summed E-state index contributed by atoms with van der Waals surface area (Å²) < 4.78 is 1.75. The first-order valence-electron chi connectivity index (χ1n) is 6.41. The van der Waals surface area contributed by atoms with Crippen molar-refractivity contribution in [1.29, 1.82) is 0 Å². The number of hydrogen-bond donors (Lipinski definition) is 2. The number of halogens is 1. The summed E-state index contributed by atoms with van der Waals surface area (Å²) in [7, 11) is 1.83. The number of piperidine rings is 1. The minimum Gasteiger partial charge on any atom is -0.348 e. The predicted molar refractivity (Wildman–Crippen MR) is 72.9 cm³/mol. The molecule has 0 aliphatic carbocycles. The summed E-state index contributed by atoms with van der Waals surface area (Å²) in [5.41, 5.74) is 0.607. The van der Waals surface area contributed by atoms with Crippen LogP contribution in [0.1, 0.15) is 30.3 Å². The van der Waals surface area contributed by atoms with Gasteiger partial charge < -0.3 is 15.2 Å². The van der Waals surface area contributed by atoms with Crippen molar-refractivity contribution in [3.05, 3.63) is 23.0 Å². The molecule has 100 valence electrons. The summed E-state index contributed by atoms with van der Waals surface area (Å²) in [6, 6.07) is 1.88. The molecule has 1 amide bonds. The minimum absolute atomic E-state index is 0.0533. The molecule has 1 aromatic heterocycles. The molecule has 0 aromatic carbocycles. The van der Waals surface area contributed by atoms with E-state index in [-0.39, 0.29) is 11.9 Å². The SMILES string of the molecule is CC(NC(=O)c1cc(Cl)cn1C)C1CCCNC1. The number of carbonyl (C=O) groups is 1. The molecule has 4 nitrogen and oxygen atoms in total. The van der Waals surface area contributed by atoms with Crippen LogP contribution in [-0.4, -0.2) is 29.6 Å². The lowest BCUT2D eigenvalue weighted by molar-refractivity contribution is 0.0913. The highest BCUT2D eigenvalue weighted by atomic mass is 35.5. The van der Waals surface area contributed by atoms with Gasteiger partial charge in [0.15, 0.2) is 0 Å². The van der Waals surface area contributed by atoms with E-state index < -0.39 is 0 Å². The molecule has 2 unspecified atom stereocenters. The molecule has 2 heterocycles. The zero-order valence-electron chi connectivity index (χ0n) is 10.9. The van der Waals surface area contributed by atoms with Crippen molar-refractivity contribution in [3.8, 4) is 0 Å². The molecule has 5 heteroatoms. The lowest BCUT2D eigenvalue weighted by Gasteiger charge is -2.28. The van der Waals surface area contributed by atoms with E-state index in [9.17, 15) is 4.79 Å². The highest BCUT2D eigenvalue weighted by molar-refractivity contribution is 6.31. The summed E-state index contributed by atoms with van der Waals surface area (Å²) >= 11 is 5.88. The van der Waals surface area contributed by atoms with Gasteiger partial charge in [0.1, 0.15) is 5.69 Å². The van der Waals surface area contributed by atoms with Gasteiger partial charge in [-0.15, -0.1) is 0 Å². The van der Waals surface area contributed by atoms with Gasteiger partial charge in [0.2, 0.25) is 0 Å². The van der Waals surface area contributed by atoms with E-state index in [1.165, 1.54) is 12.8 Å². The second-order valence-electron chi connectivity index (χ2n) is 5.02. The normalized spacial score (nSPS) is 21.6. The van der Waals surface area contributed by atoms with Gasteiger partial charge >= 0.3 is 0 Å². The molecule has 1 saturated heterocycles. The number of aromatic nitrogens is 1. The fraction of sp³-hybridized carbons (Fsp3) is 0.615. The molecule has 2 N–H and O–H groups in total. The van der Waals surface area contributed by atoms with E-state index in [2.05, 4.69) is 17.6 Å². The smallest absolute Gasteiger partial charge is 0.268 e. The number of rotatable bonds is 3. The van der Waals surface area contributed by atoms with Gasteiger partial charge in [-0.2, -0.15) is 0 Å². The number of nitrogens with one attached hydrogen (secondary N) is 2. The number of carbonyl (C=O) groups excluding carboxylic acids is 1. The van der Waals surface area contributed by atoms with Crippen LogP contribution in [0.4, 0.5) is 0 Å². The lowest BCUT2D eigenvalue weighted by atomic mass is 9.93. The standard InChI is InChI=1S/C13H20ClN3O/c1-9(10-4-3-5-15-7-10)16-13(18)12-6-11(14)8-17(12)2/h6,8-10,15H,3-5,7H2,1-2H3,(H,16,18). The van der Waals surface area contributed by atoms with E-state index >= 15 is 0 Å². The Kier molecular flexibility index (Phi) is 4.30. The Balaban J connectivity index is 1.96. The summed E-state index contributed by atoms with van der Waals surface area (Å²) in [4.78, 5) is 12.1. The van der Waals surface area contributed by atoms with Crippen LogP contribution in [0.2, 0.25) is 5.02 Å². The molecule has 2 rings (SSSR count). The predicted octanol–water partition coefficient (Wildman–Crippen LogP) is 1.80. The molecule has 0 bridgehead atoms. The zero-order chi connectivity index (χ0) is 13.1. The average Bonchev–Trinajstić information content (AvgIpc) is 2.69. The summed E-state index contributed by atoms with van der Waals surface area (Å²) in [6.45, 7) is 4.14. The maximum absolute atomic E-state index is 12.1. The van der Waals surface area contributed by atoms with Gasteiger partial charge in [-0.25, -0.2) is 0 Å². The van der Waals surface area contributed by atoms with Crippen LogP contribution in [0.3, 0.4) is 0 Å². The van der Waals surface area contributed by atoms with Crippen LogP contribution in [-0.2, 0) is 7.05 Å². The minimum atomic E-state index is -0.0533. The van der Waals surface area contributed by atoms with E-state index in [0.717, 1.165) is 13.1 Å². The van der Waals surface area contributed by atoms with E-state index in [1.54, 1.807) is 16.8 Å². The largest absolute Gasteiger partial charge is 0.348 e. The molecule has 2 atom stereocenters. The first-order chi connectivity index (χ1) is 8.58. The third kappa shape index (κ3) is 3.06. The van der Waals surface area contributed by atoms with Crippen LogP contribution >= 0.6 is 11.6 Å². The van der Waals surface area contributed by atoms with Crippen molar-refractivity contribution in [2.45, 2.75) is 25.8 Å². The van der Waals surface area contributed by atoms with Crippen molar-refractivity contribution in [1.82, 2.24) is 15.2 Å². The summed E-state index contributed by atoms with van der Waals surface area (Å²) in [5.74, 6) is 0.459. The second-order valence-corrected chi connectivity index (χ2v) is 5.46. The van der Waals surface area contributed by atoms with Crippen LogP contribution in [0.15, 0.2) is 12.3 Å². The third-order valence-corrected chi connectivity index (χ3v) is 3.81. The fourth-order valence-corrected chi connectivity index (χ4v) is 2.70. The fourth-order valence-electron chi connectivity index (χ4n) is 2.45. The van der Waals surface area contributed by atoms with Crippen LogP contribution in [0.5, 0.6) is 0 Å². The summed E-state index contributed by atoms with van der Waals surface area (Å²) in [5, 5.41) is 7.02. The molecule has 1 aromatic rings. The first-order valence-corrected chi connectivity index (χ1v) is 6.79. The number of amides is 1. The molecule has 1 aliphatic heterocycles. The van der Waals surface area contributed by atoms with E-state index in [1.807, 2.05) is 7.05 Å². The molecular formula is C13H20ClN3O. The average molecular weight is 270 g/mol. The quantitative estimate of drug-likeness (QED) is 0.879.